The fraction of sp³-hybridized carbons (Fsp3) is 0.364. The van der Waals surface area contributed by atoms with Gasteiger partial charge in [0.05, 0.1) is 0 Å². The van der Waals surface area contributed by atoms with E-state index in [0.29, 0.717) is 0 Å². The first-order chi connectivity index (χ1) is 7.04. The van der Waals surface area contributed by atoms with Crippen LogP contribution in [0, 0.1) is 6.92 Å². The Balaban J connectivity index is 3.13. The molecule has 1 rings (SSSR count). The summed E-state index contributed by atoms with van der Waals surface area (Å²) in [5.74, 6) is 6.20. The minimum atomic E-state index is 0.221. The molecule has 0 aromatic heterocycles. The van der Waals surface area contributed by atoms with Crippen LogP contribution in [0.15, 0.2) is 27.7 Å². The summed E-state index contributed by atoms with van der Waals surface area (Å²) >= 11 is 3.43. The molecule has 0 saturated heterocycles. The highest BCUT2D eigenvalue weighted by atomic mass is 79.9. The van der Waals surface area contributed by atoms with E-state index in [1.807, 2.05) is 39.0 Å². The van der Waals surface area contributed by atoms with Gasteiger partial charge in [0.1, 0.15) is 5.84 Å². The van der Waals surface area contributed by atoms with Crippen LogP contribution in [0.3, 0.4) is 0 Å². The van der Waals surface area contributed by atoms with Gasteiger partial charge in [-0.2, -0.15) is 0 Å². The molecule has 0 amide bonds. The fourth-order valence-electron chi connectivity index (χ4n) is 1.34. The van der Waals surface area contributed by atoms with Crippen molar-refractivity contribution in [1.82, 2.24) is 5.43 Å². The lowest BCUT2D eigenvalue weighted by Gasteiger charge is -2.10. The van der Waals surface area contributed by atoms with Gasteiger partial charge in [-0.05, 0) is 44.5 Å². The number of nitrogens with one attached hydrogen (secondary N) is 1. The van der Waals surface area contributed by atoms with Gasteiger partial charge in [-0.25, -0.2) is 5.84 Å². The smallest absolute Gasteiger partial charge is 0.143 e. The monoisotopic (exact) mass is 269 g/mol. The molecule has 0 fully saturated rings. The molecular formula is C11H16BrN3. The molecule has 0 heterocycles. The van der Waals surface area contributed by atoms with E-state index in [2.05, 4.69) is 26.3 Å². The molecule has 0 spiro atoms. The third kappa shape index (κ3) is 3.32. The van der Waals surface area contributed by atoms with E-state index in [9.17, 15) is 0 Å². The van der Waals surface area contributed by atoms with E-state index in [0.717, 1.165) is 21.4 Å². The largest absolute Gasteiger partial charge is 0.308 e. The molecule has 0 saturated carbocycles. The number of nitrogens with zero attached hydrogens (tertiary/aromatic N) is 1. The molecule has 15 heavy (non-hydrogen) atoms. The molecule has 1 aromatic rings. The van der Waals surface area contributed by atoms with Gasteiger partial charge in [0, 0.05) is 16.1 Å². The predicted molar refractivity (Wildman–Crippen MR) is 67.9 cm³/mol. The zero-order chi connectivity index (χ0) is 11.4. The highest BCUT2D eigenvalue weighted by Crippen LogP contribution is 2.16. The Hall–Kier alpha value is -0.870. The molecule has 82 valence electrons. The minimum absolute atomic E-state index is 0.221. The van der Waals surface area contributed by atoms with E-state index >= 15 is 0 Å². The predicted octanol–water partition coefficient (Wildman–Crippen LogP) is 2.38. The first kappa shape index (κ1) is 12.2. The van der Waals surface area contributed by atoms with Gasteiger partial charge >= 0.3 is 0 Å². The van der Waals surface area contributed by atoms with Crippen molar-refractivity contribution >= 4 is 21.8 Å². The van der Waals surface area contributed by atoms with Gasteiger partial charge in [0.15, 0.2) is 0 Å². The van der Waals surface area contributed by atoms with E-state index < -0.39 is 0 Å². The van der Waals surface area contributed by atoms with Crippen molar-refractivity contribution < 1.29 is 0 Å². The van der Waals surface area contributed by atoms with Crippen molar-refractivity contribution in [2.45, 2.75) is 26.8 Å². The second-order valence-corrected chi connectivity index (χ2v) is 4.59. The molecule has 0 aliphatic carbocycles. The molecule has 0 unspecified atom stereocenters. The summed E-state index contributed by atoms with van der Waals surface area (Å²) < 4.78 is 1.06. The Morgan fingerprint density at radius 2 is 2.13 bits per heavy atom. The highest BCUT2D eigenvalue weighted by Gasteiger charge is 2.06. The maximum Gasteiger partial charge on any atom is 0.143 e. The summed E-state index contributed by atoms with van der Waals surface area (Å²) in [7, 11) is 0. The number of aliphatic imine (C=N–C) groups is 1. The van der Waals surface area contributed by atoms with Crippen LogP contribution in [0.1, 0.15) is 25.0 Å². The van der Waals surface area contributed by atoms with Crippen molar-refractivity contribution in [2.24, 2.45) is 10.8 Å². The number of nitrogens with two attached hydrogens (primary N) is 1. The molecule has 0 radical (unpaired) electrons. The van der Waals surface area contributed by atoms with Crippen molar-refractivity contribution in [3.05, 3.63) is 33.8 Å². The van der Waals surface area contributed by atoms with Crippen LogP contribution in [0.5, 0.6) is 0 Å². The quantitative estimate of drug-likeness (QED) is 0.375. The Kier molecular flexibility index (Phi) is 4.29. The first-order valence-corrected chi connectivity index (χ1v) is 5.65. The minimum Gasteiger partial charge on any atom is -0.308 e. The lowest BCUT2D eigenvalue weighted by Crippen LogP contribution is -2.32. The average molecular weight is 270 g/mol. The van der Waals surface area contributed by atoms with E-state index in [4.69, 9.17) is 5.84 Å². The Labute approximate surface area is 98.9 Å². The molecule has 0 aliphatic rings. The van der Waals surface area contributed by atoms with Crippen molar-refractivity contribution in [3.63, 3.8) is 0 Å². The Morgan fingerprint density at radius 3 is 2.60 bits per heavy atom. The van der Waals surface area contributed by atoms with Gasteiger partial charge < -0.3 is 5.43 Å². The zero-order valence-electron chi connectivity index (χ0n) is 9.21. The molecular weight excluding hydrogens is 254 g/mol. The van der Waals surface area contributed by atoms with Gasteiger partial charge in [-0.15, -0.1) is 0 Å². The van der Waals surface area contributed by atoms with Crippen molar-refractivity contribution in [3.8, 4) is 0 Å². The van der Waals surface area contributed by atoms with Crippen LogP contribution in [0.4, 0.5) is 0 Å². The lowest BCUT2D eigenvalue weighted by molar-refractivity contribution is 0.820. The molecule has 0 aliphatic heterocycles. The number of benzene rings is 1. The van der Waals surface area contributed by atoms with Gasteiger partial charge in [0.2, 0.25) is 0 Å². The van der Waals surface area contributed by atoms with E-state index in [1.54, 1.807) is 0 Å². The van der Waals surface area contributed by atoms with Crippen molar-refractivity contribution in [2.75, 3.05) is 0 Å². The summed E-state index contributed by atoms with van der Waals surface area (Å²) in [5, 5.41) is 0. The number of halogens is 1. The van der Waals surface area contributed by atoms with Crippen LogP contribution < -0.4 is 11.3 Å². The normalized spacial score (nSPS) is 12.0. The molecule has 3 nitrogen and oxygen atoms in total. The van der Waals surface area contributed by atoms with E-state index in [-0.39, 0.29) is 6.04 Å². The highest BCUT2D eigenvalue weighted by molar-refractivity contribution is 9.10. The fourth-order valence-corrected chi connectivity index (χ4v) is 1.81. The van der Waals surface area contributed by atoms with Crippen LogP contribution in [-0.2, 0) is 0 Å². The summed E-state index contributed by atoms with van der Waals surface area (Å²) in [5.41, 5.74) is 4.82. The molecule has 3 N–H and O–H groups in total. The molecule has 4 heteroatoms. The van der Waals surface area contributed by atoms with E-state index in [1.165, 1.54) is 0 Å². The number of hydrogen-bond acceptors (Lipinski definition) is 2. The molecule has 0 bridgehead atoms. The first-order valence-electron chi connectivity index (χ1n) is 4.85. The Morgan fingerprint density at radius 1 is 1.47 bits per heavy atom. The third-order valence-corrected chi connectivity index (χ3v) is 2.46. The van der Waals surface area contributed by atoms with Crippen molar-refractivity contribution in [1.29, 1.82) is 0 Å². The van der Waals surface area contributed by atoms with Crippen LogP contribution in [-0.4, -0.2) is 11.9 Å². The molecule has 1 aromatic carbocycles. The standard InChI is InChI=1S/C11H16BrN3/c1-7(2)14-11(15-13)10-5-4-9(12)6-8(10)3/h4-7H,13H2,1-3H3,(H,14,15). The second-order valence-electron chi connectivity index (χ2n) is 3.68. The number of amidine groups is 1. The number of hydrazine groups is 1. The topological polar surface area (TPSA) is 50.4 Å². The summed E-state index contributed by atoms with van der Waals surface area (Å²) in [6.45, 7) is 6.07. The maximum atomic E-state index is 5.47. The summed E-state index contributed by atoms with van der Waals surface area (Å²) in [6, 6.07) is 6.25. The Bertz CT molecular complexity index is 372. The van der Waals surface area contributed by atoms with Gasteiger partial charge in [-0.3, -0.25) is 4.99 Å². The molecule has 0 atom stereocenters. The van der Waals surface area contributed by atoms with Crippen LogP contribution >= 0.6 is 15.9 Å². The maximum absolute atomic E-state index is 5.47. The second kappa shape index (κ2) is 5.28. The SMILES string of the molecule is Cc1cc(Br)ccc1C(=NC(C)C)NN. The van der Waals surface area contributed by atoms with Gasteiger partial charge in [-0.1, -0.05) is 15.9 Å². The lowest BCUT2D eigenvalue weighted by atomic mass is 10.1. The zero-order valence-corrected chi connectivity index (χ0v) is 10.8. The number of aryl methyl sites for hydroxylation is 1. The van der Waals surface area contributed by atoms with Gasteiger partial charge in [0.25, 0.3) is 0 Å². The summed E-state index contributed by atoms with van der Waals surface area (Å²) in [4.78, 5) is 4.42. The van der Waals surface area contributed by atoms with Crippen LogP contribution in [0.25, 0.3) is 0 Å². The number of hydrogen-bond donors (Lipinski definition) is 2. The average Bonchev–Trinajstić information content (AvgIpc) is 2.14. The number of rotatable bonds is 2. The third-order valence-electron chi connectivity index (χ3n) is 1.97. The van der Waals surface area contributed by atoms with Crippen LogP contribution in [0.2, 0.25) is 0 Å². The summed E-state index contributed by atoms with van der Waals surface area (Å²) in [6.07, 6.45) is 0.